The van der Waals surface area contributed by atoms with Crippen LogP contribution in [0.3, 0.4) is 0 Å². The molecule has 0 spiro atoms. The van der Waals surface area contributed by atoms with E-state index in [0.717, 1.165) is 5.39 Å². The average Bonchev–Trinajstić information content (AvgIpc) is 2.61. The summed E-state index contributed by atoms with van der Waals surface area (Å²) in [5, 5.41) is 0.666. The highest BCUT2D eigenvalue weighted by molar-refractivity contribution is 7.89. The van der Waals surface area contributed by atoms with Gasteiger partial charge in [-0.2, -0.15) is 4.98 Å². The van der Waals surface area contributed by atoms with Crippen LogP contribution in [0.25, 0.3) is 11.0 Å². The Hall–Kier alpha value is -1.47. The Morgan fingerprint density at radius 2 is 2.06 bits per heavy atom. The molecule has 2 heterocycles. The van der Waals surface area contributed by atoms with Gasteiger partial charge in [-0.05, 0) is 20.0 Å². The predicted octanol–water partition coefficient (Wildman–Crippen LogP) is 0.185. The van der Waals surface area contributed by atoms with Crippen LogP contribution in [0.15, 0.2) is 17.4 Å². The van der Waals surface area contributed by atoms with E-state index in [-0.39, 0.29) is 5.16 Å². The lowest BCUT2D eigenvalue weighted by Gasteiger charge is -2.03. The first-order valence-electron chi connectivity index (χ1n) is 4.69. The van der Waals surface area contributed by atoms with Crippen molar-refractivity contribution in [2.45, 2.75) is 12.1 Å². The molecular weight excluding hydrogens is 228 g/mol. The second-order valence-electron chi connectivity index (χ2n) is 3.46. The highest BCUT2D eigenvalue weighted by atomic mass is 32.2. The van der Waals surface area contributed by atoms with E-state index < -0.39 is 10.0 Å². The van der Waals surface area contributed by atoms with Crippen molar-refractivity contribution in [3.05, 3.63) is 18.0 Å². The molecule has 0 atom stereocenters. The first kappa shape index (κ1) is 11.0. The molecule has 0 aliphatic heterocycles. The average molecular weight is 240 g/mol. The molecule has 0 radical (unpaired) electrons. The molecule has 0 unspecified atom stereocenters. The van der Waals surface area contributed by atoms with Crippen molar-refractivity contribution in [1.29, 1.82) is 0 Å². The third-order valence-electron chi connectivity index (χ3n) is 2.40. The van der Waals surface area contributed by atoms with Gasteiger partial charge in [-0.15, -0.1) is 0 Å². The van der Waals surface area contributed by atoms with Crippen molar-refractivity contribution in [2.75, 3.05) is 7.05 Å². The van der Waals surface area contributed by atoms with E-state index in [1.807, 2.05) is 19.3 Å². The Kier molecular flexibility index (Phi) is 2.43. The van der Waals surface area contributed by atoms with E-state index >= 15 is 0 Å². The molecule has 0 amide bonds. The number of fused-ring (bicyclic) bond motifs is 1. The summed E-state index contributed by atoms with van der Waals surface area (Å²) in [4.78, 5) is 8.02. The summed E-state index contributed by atoms with van der Waals surface area (Å²) in [7, 11) is -0.446. The quantitative estimate of drug-likeness (QED) is 0.760. The first-order valence-corrected chi connectivity index (χ1v) is 6.17. The lowest BCUT2D eigenvalue weighted by atomic mass is 10.3. The summed E-state index contributed by atoms with van der Waals surface area (Å²) >= 11 is 0. The Labute approximate surface area is 93.4 Å². The van der Waals surface area contributed by atoms with E-state index in [4.69, 9.17) is 0 Å². The zero-order valence-electron chi connectivity index (χ0n) is 9.22. The van der Waals surface area contributed by atoms with Crippen LogP contribution in [0.1, 0.15) is 5.69 Å². The minimum Gasteiger partial charge on any atom is -0.335 e. The minimum absolute atomic E-state index is 0.193. The Balaban J connectivity index is 2.80. The summed E-state index contributed by atoms with van der Waals surface area (Å²) in [6.07, 6.45) is 1.82. The number of rotatable bonds is 2. The fraction of sp³-hybridized carbons (Fsp3) is 0.333. The van der Waals surface area contributed by atoms with Gasteiger partial charge in [0.2, 0.25) is 0 Å². The lowest BCUT2D eigenvalue weighted by Crippen LogP contribution is -2.21. The smallest absolute Gasteiger partial charge is 0.276 e. The third kappa shape index (κ3) is 1.57. The molecule has 16 heavy (non-hydrogen) atoms. The van der Waals surface area contributed by atoms with Crippen LogP contribution < -0.4 is 4.72 Å². The highest BCUT2D eigenvalue weighted by Crippen LogP contribution is 2.17. The summed E-state index contributed by atoms with van der Waals surface area (Å²) in [6, 6.07) is 1.86. The summed E-state index contributed by atoms with van der Waals surface area (Å²) in [5.74, 6) is 0. The monoisotopic (exact) mass is 240 g/mol. The van der Waals surface area contributed by atoms with Gasteiger partial charge in [0.05, 0.1) is 5.69 Å². The fourth-order valence-corrected chi connectivity index (χ4v) is 2.12. The van der Waals surface area contributed by atoms with Crippen LogP contribution >= 0.6 is 0 Å². The van der Waals surface area contributed by atoms with Gasteiger partial charge >= 0.3 is 0 Å². The maximum absolute atomic E-state index is 11.6. The second-order valence-corrected chi connectivity index (χ2v) is 5.24. The van der Waals surface area contributed by atoms with Crippen molar-refractivity contribution in [3.63, 3.8) is 0 Å². The van der Waals surface area contributed by atoms with Gasteiger partial charge in [-0.3, -0.25) is 0 Å². The number of nitrogens with one attached hydrogen (secondary N) is 1. The largest absolute Gasteiger partial charge is 0.335 e. The molecule has 0 bridgehead atoms. The number of hydrogen-bond acceptors (Lipinski definition) is 4. The van der Waals surface area contributed by atoms with E-state index in [1.54, 1.807) is 11.5 Å². The minimum atomic E-state index is -3.59. The number of aromatic nitrogens is 3. The molecular formula is C9H12N4O2S. The molecule has 0 fully saturated rings. The van der Waals surface area contributed by atoms with Crippen LogP contribution in [0.4, 0.5) is 0 Å². The molecule has 1 N–H and O–H groups in total. The lowest BCUT2D eigenvalue weighted by molar-refractivity contribution is 0.578. The zero-order chi connectivity index (χ0) is 11.9. The SMILES string of the molecule is CNS(=O)(=O)c1nc(C)c2ccn(C)c2n1. The molecule has 86 valence electrons. The highest BCUT2D eigenvalue weighted by Gasteiger charge is 2.18. The van der Waals surface area contributed by atoms with Gasteiger partial charge < -0.3 is 4.57 Å². The summed E-state index contributed by atoms with van der Waals surface area (Å²) in [5.41, 5.74) is 1.26. The van der Waals surface area contributed by atoms with E-state index in [9.17, 15) is 8.42 Å². The normalized spacial score (nSPS) is 12.2. The number of hydrogen-bond donors (Lipinski definition) is 1. The molecule has 0 aliphatic rings. The molecule has 2 aromatic rings. The van der Waals surface area contributed by atoms with Gasteiger partial charge in [0.15, 0.2) is 0 Å². The second kappa shape index (κ2) is 3.53. The van der Waals surface area contributed by atoms with Crippen LogP contribution in [0.5, 0.6) is 0 Å². The van der Waals surface area contributed by atoms with Gasteiger partial charge in [0.1, 0.15) is 5.65 Å². The van der Waals surface area contributed by atoms with Gasteiger partial charge in [-0.1, -0.05) is 0 Å². The molecule has 0 aliphatic carbocycles. The summed E-state index contributed by atoms with van der Waals surface area (Å²) < 4.78 is 27.1. The fourth-order valence-electron chi connectivity index (χ4n) is 1.47. The molecule has 2 aromatic heterocycles. The van der Waals surface area contributed by atoms with Gasteiger partial charge in [0.25, 0.3) is 15.2 Å². The Bertz CT molecular complexity index is 645. The molecule has 6 nitrogen and oxygen atoms in total. The topological polar surface area (TPSA) is 76.9 Å². The molecule has 2 rings (SSSR count). The van der Waals surface area contributed by atoms with Crippen LogP contribution in [0.2, 0.25) is 0 Å². The molecule has 0 aromatic carbocycles. The number of nitrogens with zero attached hydrogens (tertiary/aromatic N) is 3. The zero-order valence-corrected chi connectivity index (χ0v) is 10.0. The molecule has 0 saturated heterocycles. The van der Waals surface area contributed by atoms with Crippen molar-refractivity contribution >= 4 is 21.1 Å². The van der Waals surface area contributed by atoms with Crippen LogP contribution in [-0.4, -0.2) is 30.0 Å². The summed E-state index contributed by atoms with van der Waals surface area (Å²) in [6.45, 7) is 1.76. The van der Waals surface area contributed by atoms with Crippen LogP contribution in [0, 0.1) is 6.92 Å². The van der Waals surface area contributed by atoms with Gasteiger partial charge in [-0.25, -0.2) is 18.1 Å². The van der Waals surface area contributed by atoms with Crippen LogP contribution in [-0.2, 0) is 17.1 Å². The maximum Gasteiger partial charge on any atom is 0.276 e. The maximum atomic E-state index is 11.6. The third-order valence-corrected chi connectivity index (χ3v) is 3.60. The van der Waals surface area contributed by atoms with Crippen molar-refractivity contribution in [3.8, 4) is 0 Å². The van der Waals surface area contributed by atoms with Crippen molar-refractivity contribution in [1.82, 2.24) is 19.3 Å². The standard InChI is InChI=1S/C9H12N4O2S/c1-6-7-4-5-13(3)8(7)12-9(11-6)16(14,15)10-2/h4-5,10H,1-3H3. The van der Waals surface area contributed by atoms with E-state index in [1.165, 1.54) is 7.05 Å². The molecule has 7 heteroatoms. The number of aryl methyl sites for hydroxylation is 2. The van der Waals surface area contributed by atoms with Crippen molar-refractivity contribution < 1.29 is 8.42 Å². The first-order chi connectivity index (χ1) is 7.45. The Morgan fingerprint density at radius 3 is 2.69 bits per heavy atom. The van der Waals surface area contributed by atoms with Crippen molar-refractivity contribution in [2.24, 2.45) is 7.05 Å². The molecule has 0 saturated carbocycles. The Morgan fingerprint density at radius 1 is 1.38 bits per heavy atom. The van der Waals surface area contributed by atoms with Gasteiger partial charge in [0, 0.05) is 18.6 Å². The predicted molar refractivity (Wildman–Crippen MR) is 59.5 cm³/mol. The number of sulfonamides is 1. The van der Waals surface area contributed by atoms with E-state index in [2.05, 4.69) is 14.7 Å². The van der Waals surface area contributed by atoms with E-state index in [0.29, 0.717) is 11.3 Å².